The number of hydrogen-bond donors (Lipinski definition) is 1. The highest BCUT2D eigenvalue weighted by atomic mass is 16.5. The zero-order chi connectivity index (χ0) is 13.7. The van der Waals surface area contributed by atoms with Crippen LogP contribution >= 0.6 is 0 Å². The Hall–Kier alpha value is -1.02. The van der Waals surface area contributed by atoms with Crippen LogP contribution in [0.4, 0.5) is 0 Å². The average Bonchev–Trinajstić information content (AvgIpc) is 2.38. The highest BCUT2D eigenvalue weighted by Gasteiger charge is 2.24. The van der Waals surface area contributed by atoms with Gasteiger partial charge in [-0.05, 0) is 55.7 Å². The molecule has 0 spiro atoms. The lowest BCUT2D eigenvalue weighted by atomic mass is 9.78. The van der Waals surface area contributed by atoms with Crippen LogP contribution in [-0.4, -0.2) is 12.6 Å². The molecule has 1 aromatic carbocycles. The van der Waals surface area contributed by atoms with Gasteiger partial charge >= 0.3 is 0 Å². The quantitative estimate of drug-likeness (QED) is 0.872. The van der Waals surface area contributed by atoms with Gasteiger partial charge in [-0.1, -0.05) is 31.9 Å². The molecule has 1 aliphatic carbocycles. The molecule has 1 aromatic rings. The summed E-state index contributed by atoms with van der Waals surface area (Å²) < 4.78 is 5.80. The highest BCUT2D eigenvalue weighted by molar-refractivity contribution is 5.27. The normalized spacial score (nSPS) is 25.0. The van der Waals surface area contributed by atoms with Crippen molar-refractivity contribution in [1.82, 2.24) is 0 Å². The first-order chi connectivity index (χ1) is 9.15. The molecule has 2 heteroatoms. The van der Waals surface area contributed by atoms with E-state index in [1.165, 1.54) is 31.2 Å². The minimum Gasteiger partial charge on any atom is -0.494 e. The maximum Gasteiger partial charge on any atom is 0.119 e. The number of aryl methyl sites for hydroxylation is 1. The highest BCUT2D eigenvalue weighted by Crippen LogP contribution is 2.31. The molecule has 0 radical (unpaired) electrons. The molecule has 106 valence electrons. The van der Waals surface area contributed by atoms with Crippen LogP contribution in [0.2, 0.25) is 0 Å². The van der Waals surface area contributed by atoms with E-state index in [4.69, 9.17) is 10.5 Å². The van der Waals surface area contributed by atoms with Crippen molar-refractivity contribution in [2.75, 3.05) is 6.61 Å². The standard InChI is InChI=1S/C17H27NO/c1-13-5-3-7-15(11-13)17(18)9-10-19-16-8-4-6-14(2)12-16/h4,6,8,12-13,15,17H,3,5,7,9-11,18H2,1-2H3. The zero-order valence-corrected chi connectivity index (χ0v) is 12.3. The van der Waals surface area contributed by atoms with Gasteiger partial charge in [0.1, 0.15) is 5.75 Å². The van der Waals surface area contributed by atoms with Crippen molar-refractivity contribution < 1.29 is 4.74 Å². The monoisotopic (exact) mass is 261 g/mol. The maximum absolute atomic E-state index is 6.32. The van der Waals surface area contributed by atoms with E-state index in [1.54, 1.807) is 0 Å². The van der Waals surface area contributed by atoms with Gasteiger partial charge in [-0.15, -0.1) is 0 Å². The van der Waals surface area contributed by atoms with Gasteiger partial charge in [-0.2, -0.15) is 0 Å². The summed E-state index contributed by atoms with van der Waals surface area (Å²) in [5.41, 5.74) is 7.56. The molecule has 2 N–H and O–H groups in total. The molecule has 1 saturated carbocycles. The van der Waals surface area contributed by atoms with Crippen molar-refractivity contribution in [2.24, 2.45) is 17.6 Å². The Balaban J connectivity index is 1.73. The van der Waals surface area contributed by atoms with E-state index in [-0.39, 0.29) is 0 Å². The van der Waals surface area contributed by atoms with E-state index in [2.05, 4.69) is 26.0 Å². The van der Waals surface area contributed by atoms with Crippen LogP contribution in [0.5, 0.6) is 5.75 Å². The van der Waals surface area contributed by atoms with Crippen LogP contribution in [0, 0.1) is 18.8 Å². The Morgan fingerprint density at radius 1 is 1.37 bits per heavy atom. The van der Waals surface area contributed by atoms with E-state index >= 15 is 0 Å². The molecule has 2 rings (SSSR count). The lowest BCUT2D eigenvalue weighted by Gasteiger charge is -2.31. The third-order valence-electron chi connectivity index (χ3n) is 4.29. The first kappa shape index (κ1) is 14.4. The SMILES string of the molecule is Cc1cccc(OCCC(N)C2CCCC(C)C2)c1. The Labute approximate surface area is 117 Å². The van der Waals surface area contributed by atoms with Crippen molar-refractivity contribution in [3.05, 3.63) is 29.8 Å². The summed E-state index contributed by atoms with van der Waals surface area (Å²) in [5.74, 6) is 2.51. The predicted octanol–water partition coefficient (Wildman–Crippen LogP) is 3.92. The Bertz CT molecular complexity index is 391. The Morgan fingerprint density at radius 2 is 2.21 bits per heavy atom. The van der Waals surface area contributed by atoms with E-state index in [0.717, 1.165) is 24.7 Å². The first-order valence-corrected chi connectivity index (χ1v) is 7.60. The summed E-state index contributed by atoms with van der Waals surface area (Å²) in [6.45, 7) is 5.17. The largest absolute Gasteiger partial charge is 0.494 e. The molecule has 1 aliphatic rings. The second-order valence-corrected chi connectivity index (χ2v) is 6.15. The predicted molar refractivity (Wildman–Crippen MR) is 80.4 cm³/mol. The van der Waals surface area contributed by atoms with Gasteiger partial charge in [0.05, 0.1) is 6.61 Å². The van der Waals surface area contributed by atoms with Crippen molar-refractivity contribution in [1.29, 1.82) is 0 Å². The van der Waals surface area contributed by atoms with Gasteiger partial charge in [-0.25, -0.2) is 0 Å². The smallest absolute Gasteiger partial charge is 0.119 e. The van der Waals surface area contributed by atoms with E-state index in [1.807, 2.05) is 12.1 Å². The van der Waals surface area contributed by atoms with Crippen LogP contribution in [0.15, 0.2) is 24.3 Å². The zero-order valence-electron chi connectivity index (χ0n) is 12.3. The fraction of sp³-hybridized carbons (Fsp3) is 0.647. The van der Waals surface area contributed by atoms with Crippen molar-refractivity contribution in [2.45, 2.75) is 52.0 Å². The van der Waals surface area contributed by atoms with Crippen molar-refractivity contribution in [3.8, 4) is 5.75 Å². The molecule has 2 nitrogen and oxygen atoms in total. The van der Waals surface area contributed by atoms with Crippen LogP contribution in [-0.2, 0) is 0 Å². The summed E-state index contributed by atoms with van der Waals surface area (Å²) in [4.78, 5) is 0. The van der Waals surface area contributed by atoms with E-state index in [9.17, 15) is 0 Å². The summed E-state index contributed by atoms with van der Waals surface area (Å²) in [5, 5.41) is 0. The van der Waals surface area contributed by atoms with Crippen LogP contribution in [0.25, 0.3) is 0 Å². The third kappa shape index (κ3) is 4.54. The van der Waals surface area contributed by atoms with Crippen LogP contribution in [0.1, 0.15) is 44.6 Å². The van der Waals surface area contributed by atoms with Gasteiger partial charge in [0.2, 0.25) is 0 Å². The molecule has 0 amide bonds. The molecule has 0 heterocycles. The van der Waals surface area contributed by atoms with Crippen molar-refractivity contribution >= 4 is 0 Å². The topological polar surface area (TPSA) is 35.2 Å². The fourth-order valence-electron chi connectivity index (χ4n) is 3.12. The van der Waals surface area contributed by atoms with E-state index in [0.29, 0.717) is 12.0 Å². The van der Waals surface area contributed by atoms with Gasteiger partial charge in [0, 0.05) is 6.04 Å². The number of hydrogen-bond acceptors (Lipinski definition) is 2. The molecule has 0 saturated heterocycles. The molecule has 0 aliphatic heterocycles. The number of rotatable bonds is 5. The molecule has 1 fully saturated rings. The molecular weight excluding hydrogens is 234 g/mol. The second kappa shape index (κ2) is 6.95. The molecule has 3 unspecified atom stereocenters. The molecule has 0 bridgehead atoms. The minimum atomic E-state index is 0.299. The number of ether oxygens (including phenoxy) is 1. The fourth-order valence-corrected chi connectivity index (χ4v) is 3.12. The first-order valence-electron chi connectivity index (χ1n) is 7.60. The van der Waals surface area contributed by atoms with Crippen LogP contribution < -0.4 is 10.5 Å². The molecule has 19 heavy (non-hydrogen) atoms. The summed E-state index contributed by atoms with van der Waals surface area (Å²) in [7, 11) is 0. The van der Waals surface area contributed by atoms with E-state index < -0.39 is 0 Å². The number of benzene rings is 1. The van der Waals surface area contributed by atoms with Gasteiger partial charge in [0.15, 0.2) is 0 Å². The Kier molecular flexibility index (Phi) is 5.26. The molecule has 0 aromatic heterocycles. The van der Waals surface area contributed by atoms with Gasteiger partial charge in [-0.3, -0.25) is 0 Å². The lowest BCUT2D eigenvalue weighted by Crippen LogP contribution is -2.34. The minimum absolute atomic E-state index is 0.299. The second-order valence-electron chi connectivity index (χ2n) is 6.15. The third-order valence-corrected chi connectivity index (χ3v) is 4.29. The number of nitrogens with two attached hydrogens (primary N) is 1. The summed E-state index contributed by atoms with van der Waals surface area (Å²) >= 11 is 0. The Morgan fingerprint density at radius 3 is 2.95 bits per heavy atom. The lowest BCUT2D eigenvalue weighted by molar-refractivity contribution is 0.214. The van der Waals surface area contributed by atoms with Gasteiger partial charge in [0.25, 0.3) is 0 Å². The van der Waals surface area contributed by atoms with Gasteiger partial charge < -0.3 is 10.5 Å². The molecular formula is C17H27NO. The maximum atomic E-state index is 6.32. The van der Waals surface area contributed by atoms with Crippen molar-refractivity contribution in [3.63, 3.8) is 0 Å². The molecule has 3 atom stereocenters. The summed E-state index contributed by atoms with van der Waals surface area (Å²) in [6, 6.07) is 8.51. The van der Waals surface area contributed by atoms with Crippen LogP contribution in [0.3, 0.4) is 0 Å². The average molecular weight is 261 g/mol. The summed E-state index contributed by atoms with van der Waals surface area (Å²) in [6.07, 6.45) is 6.29.